The first-order valence-electron chi connectivity index (χ1n) is 7.95. The summed E-state index contributed by atoms with van der Waals surface area (Å²) in [5.41, 5.74) is 3.86. The van der Waals surface area contributed by atoms with E-state index in [1.807, 2.05) is 0 Å². The lowest BCUT2D eigenvalue weighted by atomic mass is 9.90. The van der Waals surface area contributed by atoms with Crippen molar-refractivity contribution in [2.75, 3.05) is 7.05 Å². The molecule has 2 aromatic carbocycles. The molecule has 1 fully saturated rings. The van der Waals surface area contributed by atoms with Gasteiger partial charge in [0.15, 0.2) is 0 Å². The summed E-state index contributed by atoms with van der Waals surface area (Å²) >= 11 is 0. The van der Waals surface area contributed by atoms with Gasteiger partial charge in [0.1, 0.15) is 0 Å². The molecule has 0 spiro atoms. The highest BCUT2D eigenvalue weighted by Crippen LogP contribution is 2.43. The minimum atomic E-state index is 0.454. The summed E-state index contributed by atoms with van der Waals surface area (Å²) in [4.78, 5) is 3.51. The average molecular weight is 278 g/mol. The van der Waals surface area contributed by atoms with Crippen molar-refractivity contribution in [1.29, 1.82) is 0 Å². The predicted octanol–water partition coefficient (Wildman–Crippen LogP) is 4.63. The Labute approximate surface area is 125 Å². The van der Waals surface area contributed by atoms with Gasteiger partial charge in [-0.1, -0.05) is 31.2 Å². The molecule has 2 atom stereocenters. The van der Waals surface area contributed by atoms with Gasteiger partial charge in [-0.25, -0.2) is 0 Å². The lowest BCUT2D eigenvalue weighted by molar-refractivity contribution is 0.369. The second kappa shape index (κ2) is 4.88. The van der Waals surface area contributed by atoms with Crippen LogP contribution in [0.15, 0.2) is 42.5 Å². The van der Waals surface area contributed by atoms with Crippen molar-refractivity contribution in [3.8, 4) is 0 Å². The summed E-state index contributed by atoms with van der Waals surface area (Å²) in [6.45, 7) is 2.39. The van der Waals surface area contributed by atoms with Gasteiger partial charge in [0.25, 0.3) is 0 Å². The van der Waals surface area contributed by atoms with Crippen molar-refractivity contribution in [2.45, 2.75) is 25.8 Å². The van der Waals surface area contributed by atoms with Gasteiger partial charge in [0, 0.05) is 27.8 Å². The molecule has 2 heteroatoms. The molecule has 2 unspecified atom stereocenters. The number of aromatic nitrogens is 1. The highest BCUT2D eigenvalue weighted by atomic mass is 14.9. The molecule has 1 saturated carbocycles. The smallest absolute Gasteiger partial charge is 0.0465 e. The molecular weight excluding hydrogens is 256 g/mol. The zero-order valence-corrected chi connectivity index (χ0v) is 12.7. The van der Waals surface area contributed by atoms with Gasteiger partial charge >= 0.3 is 0 Å². The summed E-state index contributed by atoms with van der Waals surface area (Å²) in [7, 11) is 2.09. The molecule has 108 valence electrons. The number of hydrogen-bond donors (Lipinski definition) is 2. The van der Waals surface area contributed by atoms with Gasteiger partial charge in [-0.3, -0.25) is 0 Å². The molecule has 2 nitrogen and oxygen atoms in total. The Balaban J connectivity index is 1.83. The third kappa shape index (κ3) is 2.14. The van der Waals surface area contributed by atoms with Crippen LogP contribution in [0.2, 0.25) is 0 Å². The van der Waals surface area contributed by atoms with Gasteiger partial charge in [0.05, 0.1) is 0 Å². The highest BCUT2D eigenvalue weighted by molar-refractivity contribution is 6.07. The van der Waals surface area contributed by atoms with E-state index >= 15 is 0 Å². The Hall–Kier alpha value is -1.80. The number of H-pyrrole nitrogens is 1. The lowest BCUT2D eigenvalue weighted by Gasteiger charge is -2.24. The Bertz CT molecular complexity index is 782. The number of para-hydroxylation sites is 1. The molecular formula is C19H22N2. The van der Waals surface area contributed by atoms with E-state index in [0.717, 1.165) is 5.92 Å². The van der Waals surface area contributed by atoms with Crippen molar-refractivity contribution in [1.82, 2.24) is 10.3 Å². The van der Waals surface area contributed by atoms with Crippen molar-refractivity contribution < 1.29 is 0 Å². The first kappa shape index (κ1) is 12.9. The third-order valence-corrected chi connectivity index (χ3v) is 5.09. The van der Waals surface area contributed by atoms with E-state index in [1.54, 1.807) is 0 Å². The molecule has 0 amide bonds. The van der Waals surface area contributed by atoms with Gasteiger partial charge in [-0.2, -0.15) is 0 Å². The van der Waals surface area contributed by atoms with Gasteiger partial charge in [-0.05, 0) is 55.5 Å². The molecule has 4 rings (SSSR count). The number of benzene rings is 2. The predicted molar refractivity (Wildman–Crippen MR) is 89.5 cm³/mol. The largest absolute Gasteiger partial charge is 0.355 e. The zero-order valence-electron chi connectivity index (χ0n) is 12.7. The van der Waals surface area contributed by atoms with Crippen LogP contribution in [-0.2, 0) is 0 Å². The van der Waals surface area contributed by atoms with Gasteiger partial charge in [-0.15, -0.1) is 0 Å². The van der Waals surface area contributed by atoms with E-state index in [2.05, 4.69) is 66.7 Å². The van der Waals surface area contributed by atoms with Crippen LogP contribution in [0.25, 0.3) is 21.8 Å². The fraction of sp³-hybridized carbons (Fsp3) is 0.368. The fourth-order valence-corrected chi connectivity index (χ4v) is 3.69. The van der Waals surface area contributed by atoms with E-state index in [9.17, 15) is 0 Å². The molecule has 1 aliphatic rings. The molecule has 0 radical (unpaired) electrons. The summed E-state index contributed by atoms with van der Waals surface area (Å²) in [6.07, 6.45) is 2.79. The van der Waals surface area contributed by atoms with Gasteiger partial charge < -0.3 is 10.3 Å². The van der Waals surface area contributed by atoms with E-state index in [-0.39, 0.29) is 0 Å². The molecule has 1 heterocycles. The van der Waals surface area contributed by atoms with Crippen molar-refractivity contribution in [2.24, 2.45) is 11.8 Å². The summed E-state index contributed by atoms with van der Waals surface area (Å²) in [5.74, 6) is 1.61. The number of fused-ring (bicyclic) bond motifs is 3. The number of aromatic amines is 1. The second-order valence-electron chi connectivity index (χ2n) is 6.44. The number of rotatable bonds is 4. The first-order valence-corrected chi connectivity index (χ1v) is 7.95. The summed E-state index contributed by atoms with van der Waals surface area (Å²) < 4.78 is 0. The van der Waals surface area contributed by atoms with E-state index in [4.69, 9.17) is 0 Å². The zero-order chi connectivity index (χ0) is 14.4. The fourth-order valence-electron chi connectivity index (χ4n) is 3.69. The van der Waals surface area contributed by atoms with Crippen LogP contribution in [0.1, 0.15) is 31.4 Å². The Morgan fingerprint density at radius 1 is 1.05 bits per heavy atom. The number of nitrogens with one attached hydrogen (secondary N) is 2. The van der Waals surface area contributed by atoms with E-state index in [1.165, 1.54) is 40.2 Å². The third-order valence-electron chi connectivity index (χ3n) is 5.09. The topological polar surface area (TPSA) is 27.8 Å². The Kier molecular flexibility index (Phi) is 3.00. The van der Waals surface area contributed by atoms with Crippen LogP contribution in [0.4, 0.5) is 0 Å². The SMILES string of the molecule is CNC(c1ccc2[nH]c3ccccc3c2c1)C(C)C1CC1. The normalized spacial score (nSPS) is 18.2. The molecule has 1 aliphatic carbocycles. The maximum absolute atomic E-state index is 3.53. The van der Waals surface area contributed by atoms with Crippen molar-refractivity contribution in [3.63, 3.8) is 0 Å². The maximum atomic E-state index is 3.53. The molecule has 3 aromatic rings. The summed E-state index contributed by atoms with van der Waals surface area (Å²) in [6, 6.07) is 15.9. The van der Waals surface area contributed by atoms with Crippen molar-refractivity contribution >= 4 is 21.8 Å². The van der Waals surface area contributed by atoms with Gasteiger partial charge in [0.2, 0.25) is 0 Å². The summed E-state index contributed by atoms with van der Waals surface area (Å²) in [5, 5.41) is 6.20. The molecule has 2 N–H and O–H groups in total. The molecule has 1 aromatic heterocycles. The molecule has 21 heavy (non-hydrogen) atoms. The van der Waals surface area contributed by atoms with Crippen LogP contribution in [0, 0.1) is 11.8 Å². The Morgan fingerprint density at radius 3 is 2.57 bits per heavy atom. The minimum Gasteiger partial charge on any atom is -0.355 e. The van der Waals surface area contributed by atoms with Crippen LogP contribution in [0.3, 0.4) is 0 Å². The molecule has 0 bridgehead atoms. The molecule has 0 saturated heterocycles. The van der Waals surface area contributed by atoms with Crippen LogP contribution in [-0.4, -0.2) is 12.0 Å². The van der Waals surface area contributed by atoms with Crippen LogP contribution >= 0.6 is 0 Å². The quantitative estimate of drug-likeness (QED) is 0.715. The van der Waals surface area contributed by atoms with Crippen molar-refractivity contribution in [3.05, 3.63) is 48.0 Å². The lowest BCUT2D eigenvalue weighted by Crippen LogP contribution is -2.24. The van der Waals surface area contributed by atoms with Crippen LogP contribution in [0.5, 0.6) is 0 Å². The number of hydrogen-bond acceptors (Lipinski definition) is 1. The molecule has 0 aliphatic heterocycles. The Morgan fingerprint density at radius 2 is 1.81 bits per heavy atom. The monoisotopic (exact) mass is 278 g/mol. The van der Waals surface area contributed by atoms with E-state index < -0.39 is 0 Å². The minimum absolute atomic E-state index is 0.454. The highest BCUT2D eigenvalue weighted by Gasteiger charge is 2.33. The first-order chi connectivity index (χ1) is 10.3. The maximum Gasteiger partial charge on any atom is 0.0465 e. The second-order valence-corrected chi connectivity index (χ2v) is 6.44. The average Bonchev–Trinajstić information content (AvgIpc) is 3.29. The standard InChI is InChI=1S/C19H22N2/c1-12(13-7-8-13)19(20-2)14-9-10-18-16(11-14)15-5-3-4-6-17(15)21-18/h3-6,9-13,19-21H,7-8H2,1-2H3. The van der Waals surface area contributed by atoms with Crippen LogP contribution < -0.4 is 5.32 Å². The van der Waals surface area contributed by atoms with E-state index in [0.29, 0.717) is 12.0 Å².